The van der Waals surface area contributed by atoms with Crippen molar-refractivity contribution in [1.82, 2.24) is 0 Å². The summed E-state index contributed by atoms with van der Waals surface area (Å²) in [7, 11) is 0. The molecule has 0 bridgehead atoms. The second-order valence-electron chi connectivity index (χ2n) is 12.7. The third-order valence-electron chi connectivity index (χ3n) is 9.75. The molecule has 4 atom stereocenters. The molecule has 0 spiro atoms. The van der Waals surface area contributed by atoms with Crippen LogP contribution in [0.15, 0.2) is 66.7 Å². The van der Waals surface area contributed by atoms with Crippen LogP contribution in [0.2, 0.25) is 0 Å². The van der Waals surface area contributed by atoms with Gasteiger partial charge in [-0.25, -0.2) is 0 Å². The third kappa shape index (κ3) is 9.22. The van der Waals surface area contributed by atoms with E-state index in [1.807, 2.05) is 12.1 Å². The monoisotopic (exact) mass is 554 g/mol. The molecule has 0 aliphatic rings. The summed E-state index contributed by atoms with van der Waals surface area (Å²) in [5, 5.41) is 11.3. The van der Waals surface area contributed by atoms with Gasteiger partial charge < -0.3 is 5.11 Å². The molecule has 0 aliphatic heterocycles. The number of hydrogen-bond donors (Lipinski definition) is 1. The standard InChI is InChI=1S/C40H58O/c1-7-9-11-13-15-22-34-24-17-19-26-36(34)30(3)31(4)38-28-21-29-39(41)40(38)33(6)32(5)37-27-20-18-25-35(37)23-16-14-12-10-8-2/h17-21,24-33,41H,7-16,22-23H2,1-6H3. The predicted molar refractivity (Wildman–Crippen MR) is 180 cm³/mol. The fraction of sp³-hybridized carbons (Fsp3) is 0.550. The fourth-order valence-electron chi connectivity index (χ4n) is 6.77. The van der Waals surface area contributed by atoms with Gasteiger partial charge in [0, 0.05) is 5.56 Å². The van der Waals surface area contributed by atoms with Crippen LogP contribution in [-0.2, 0) is 12.8 Å². The summed E-state index contributed by atoms with van der Waals surface area (Å²) in [5.74, 6) is 1.67. The molecule has 3 aromatic carbocycles. The molecule has 41 heavy (non-hydrogen) atoms. The van der Waals surface area contributed by atoms with Crippen LogP contribution in [-0.4, -0.2) is 5.11 Å². The number of benzene rings is 3. The van der Waals surface area contributed by atoms with Gasteiger partial charge in [0.1, 0.15) is 5.75 Å². The third-order valence-corrected chi connectivity index (χ3v) is 9.75. The zero-order valence-corrected chi connectivity index (χ0v) is 27.1. The van der Waals surface area contributed by atoms with Crippen LogP contribution in [0.5, 0.6) is 5.75 Å². The Balaban J connectivity index is 1.82. The van der Waals surface area contributed by atoms with E-state index in [0.29, 0.717) is 23.5 Å². The van der Waals surface area contributed by atoms with Gasteiger partial charge in [-0.1, -0.05) is 154 Å². The molecular weight excluding hydrogens is 496 g/mol. The van der Waals surface area contributed by atoms with Crippen molar-refractivity contribution in [2.24, 2.45) is 0 Å². The van der Waals surface area contributed by atoms with E-state index >= 15 is 0 Å². The van der Waals surface area contributed by atoms with Crippen molar-refractivity contribution in [3.63, 3.8) is 0 Å². The number of phenolic OH excluding ortho intramolecular Hbond substituents is 1. The number of phenols is 1. The van der Waals surface area contributed by atoms with Crippen LogP contribution >= 0.6 is 0 Å². The molecule has 4 unspecified atom stereocenters. The smallest absolute Gasteiger partial charge is 0.119 e. The molecule has 3 aromatic rings. The first-order valence-corrected chi connectivity index (χ1v) is 16.9. The van der Waals surface area contributed by atoms with Crippen LogP contribution in [0, 0.1) is 0 Å². The van der Waals surface area contributed by atoms with Gasteiger partial charge in [0.25, 0.3) is 0 Å². The van der Waals surface area contributed by atoms with Crippen LogP contribution < -0.4 is 0 Å². The maximum absolute atomic E-state index is 11.3. The lowest BCUT2D eigenvalue weighted by Crippen LogP contribution is -2.14. The van der Waals surface area contributed by atoms with Crippen molar-refractivity contribution < 1.29 is 5.11 Å². The van der Waals surface area contributed by atoms with E-state index < -0.39 is 0 Å². The lowest BCUT2D eigenvalue weighted by molar-refractivity contribution is 0.451. The largest absolute Gasteiger partial charge is 0.508 e. The van der Waals surface area contributed by atoms with Crippen molar-refractivity contribution in [3.05, 3.63) is 100 Å². The number of aryl methyl sites for hydroxylation is 2. The van der Waals surface area contributed by atoms with Gasteiger partial charge in [-0.15, -0.1) is 0 Å². The minimum atomic E-state index is 0.218. The molecule has 1 nitrogen and oxygen atoms in total. The molecule has 0 amide bonds. The molecule has 224 valence electrons. The van der Waals surface area contributed by atoms with Gasteiger partial charge in [-0.2, -0.15) is 0 Å². The quantitative estimate of drug-likeness (QED) is 0.155. The number of rotatable bonds is 18. The van der Waals surface area contributed by atoms with Gasteiger partial charge in [-0.05, 0) is 83.2 Å². The van der Waals surface area contributed by atoms with E-state index in [0.717, 1.165) is 18.4 Å². The zero-order chi connectivity index (χ0) is 29.6. The number of unbranched alkanes of at least 4 members (excludes halogenated alkanes) is 8. The van der Waals surface area contributed by atoms with E-state index in [-0.39, 0.29) is 5.92 Å². The molecule has 1 N–H and O–H groups in total. The minimum Gasteiger partial charge on any atom is -0.508 e. The molecule has 0 saturated heterocycles. The van der Waals surface area contributed by atoms with Crippen LogP contribution in [0.4, 0.5) is 0 Å². The maximum atomic E-state index is 11.3. The van der Waals surface area contributed by atoms with Gasteiger partial charge in [-0.3, -0.25) is 0 Å². The molecule has 0 fully saturated rings. The van der Waals surface area contributed by atoms with Crippen molar-refractivity contribution in [2.45, 2.75) is 142 Å². The summed E-state index contributed by atoms with van der Waals surface area (Å²) in [5.41, 5.74) is 8.33. The Morgan fingerprint density at radius 2 is 0.878 bits per heavy atom. The number of aromatic hydroxyl groups is 1. The first-order valence-electron chi connectivity index (χ1n) is 16.9. The molecule has 0 heterocycles. The first kappa shape index (κ1) is 33.0. The predicted octanol–water partition coefficient (Wildman–Crippen LogP) is 12.2. The van der Waals surface area contributed by atoms with Crippen LogP contribution in [0.25, 0.3) is 0 Å². The molecule has 3 rings (SSSR count). The Hall–Kier alpha value is -2.54. The molecule has 0 aromatic heterocycles. The SMILES string of the molecule is CCCCCCCc1ccccc1C(C)C(C)c1cccc(O)c1C(C)C(C)c1ccccc1CCCCCCC. The summed E-state index contributed by atoms with van der Waals surface area (Å²) < 4.78 is 0. The molecule has 0 radical (unpaired) electrons. The Kier molecular flexibility index (Phi) is 14.0. The highest BCUT2D eigenvalue weighted by Crippen LogP contribution is 2.45. The van der Waals surface area contributed by atoms with Crippen LogP contribution in [0.3, 0.4) is 0 Å². The van der Waals surface area contributed by atoms with Gasteiger partial charge >= 0.3 is 0 Å². The summed E-state index contributed by atoms with van der Waals surface area (Å²) in [6.45, 7) is 14.0. The average Bonchev–Trinajstić information content (AvgIpc) is 2.99. The average molecular weight is 555 g/mol. The van der Waals surface area contributed by atoms with Gasteiger partial charge in [0.15, 0.2) is 0 Å². The van der Waals surface area contributed by atoms with E-state index in [2.05, 4.69) is 96.1 Å². The highest BCUT2D eigenvalue weighted by atomic mass is 16.3. The Bertz CT molecular complexity index is 1160. The zero-order valence-electron chi connectivity index (χ0n) is 27.1. The normalized spacial score (nSPS) is 14.5. The second kappa shape index (κ2) is 17.4. The van der Waals surface area contributed by atoms with Crippen molar-refractivity contribution >= 4 is 0 Å². The van der Waals surface area contributed by atoms with E-state index in [1.165, 1.54) is 92.0 Å². The molecular formula is C40H58O. The Morgan fingerprint density at radius 1 is 0.463 bits per heavy atom. The summed E-state index contributed by atoms with van der Waals surface area (Å²) in [6.07, 6.45) is 15.4. The fourth-order valence-corrected chi connectivity index (χ4v) is 6.77. The number of hydrogen-bond acceptors (Lipinski definition) is 1. The topological polar surface area (TPSA) is 20.2 Å². The van der Waals surface area contributed by atoms with E-state index in [1.54, 1.807) is 0 Å². The highest BCUT2D eigenvalue weighted by Gasteiger charge is 2.28. The van der Waals surface area contributed by atoms with Crippen molar-refractivity contribution in [2.75, 3.05) is 0 Å². The molecule has 0 saturated carbocycles. The van der Waals surface area contributed by atoms with Crippen molar-refractivity contribution in [3.8, 4) is 5.75 Å². The first-order chi connectivity index (χ1) is 19.9. The van der Waals surface area contributed by atoms with Crippen LogP contribution in [0.1, 0.15) is 163 Å². The molecule has 1 heteroatoms. The van der Waals surface area contributed by atoms with Crippen molar-refractivity contribution in [1.29, 1.82) is 0 Å². The van der Waals surface area contributed by atoms with E-state index in [4.69, 9.17) is 0 Å². The lowest BCUT2D eigenvalue weighted by atomic mass is 9.74. The summed E-state index contributed by atoms with van der Waals surface area (Å²) in [4.78, 5) is 0. The maximum Gasteiger partial charge on any atom is 0.119 e. The highest BCUT2D eigenvalue weighted by molar-refractivity contribution is 5.47. The molecule has 0 aliphatic carbocycles. The van der Waals surface area contributed by atoms with E-state index in [9.17, 15) is 5.11 Å². The second-order valence-corrected chi connectivity index (χ2v) is 12.7. The van der Waals surface area contributed by atoms with Gasteiger partial charge in [0.2, 0.25) is 0 Å². The Morgan fingerprint density at radius 3 is 1.39 bits per heavy atom. The summed E-state index contributed by atoms with van der Waals surface area (Å²) in [6, 6.07) is 24.3. The van der Waals surface area contributed by atoms with Gasteiger partial charge in [0.05, 0.1) is 0 Å². The summed E-state index contributed by atoms with van der Waals surface area (Å²) >= 11 is 0. The Labute approximate surface area is 252 Å². The lowest BCUT2D eigenvalue weighted by Gasteiger charge is -2.30. The minimum absolute atomic E-state index is 0.218.